The molecule has 1 aliphatic heterocycles. The van der Waals surface area contributed by atoms with Gasteiger partial charge in [0.2, 0.25) is 5.91 Å². The Morgan fingerprint density at radius 1 is 1.40 bits per heavy atom. The number of hydrogen-bond acceptors (Lipinski definition) is 4. The summed E-state index contributed by atoms with van der Waals surface area (Å²) < 4.78 is 4.90. The number of carboxylic acids is 1. The zero-order valence-corrected chi connectivity index (χ0v) is 10.9. The summed E-state index contributed by atoms with van der Waals surface area (Å²) in [5.41, 5.74) is 0.565. The second kappa shape index (κ2) is 5.60. The van der Waals surface area contributed by atoms with E-state index in [9.17, 15) is 19.5 Å². The largest absolute Gasteiger partial charge is 0.478 e. The Kier molecular flexibility index (Phi) is 3.88. The smallest absolute Gasteiger partial charge is 0.414 e. The molecule has 0 bridgehead atoms. The number of carbonyl (C=O) groups excluding carboxylic acids is 2. The van der Waals surface area contributed by atoms with Crippen molar-refractivity contribution < 1.29 is 24.2 Å². The van der Waals surface area contributed by atoms with Crippen LogP contribution in [0.25, 0.3) is 0 Å². The Morgan fingerprint density at radius 2 is 2.15 bits per heavy atom. The first-order chi connectivity index (χ1) is 9.49. The fraction of sp³-hybridized carbons (Fsp3) is 0.308. The Labute approximate surface area is 115 Å². The Bertz CT molecular complexity index is 570. The standard InChI is InChI=1S/C13H14N2O5/c1-8(16)14-9-3-4-11(10(7-9)12(17)18)15-5-2-6-20-13(15)19/h3-4,7H,2,5-6H2,1H3,(H,14,16)(H,17,18). The molecule has 1 heterocycles. The van der Waals surface area contributed by atoms with E-state index in [0.29, 0.717) is 25.3 Å². The number of carbonyl (C=O) groups is 3. The number of nitrogens with zero attached hydrogens (tertiary/aromatic N) is 1. The van der Waals surface area contributed by atoms with Gasteiger partial charge < -0.3 is 15.2 Å². The van der Waals surface area contributed by atoms with E-state index in [-0.39, 0.29) is 17.2 Å². The van der Waals surface area contributed by atoms with E-state index < -0.39 is 12.1 Å². The summed E-state index contributed by atoms with van der Waals surface area (Å²) in [6.07, 6.45) is 0.0733. The van der Waals surface area contributed by atoms with Gasteiger partial charge in [0, 0.05) is 19.2 Å². The summed E-state index contributed by atoms with van der Waals surface area (Å²) in [5.74, 6) is -1.47. The molecule has 1 aliphatic rings. The summed E-state index contributed by atoms with van der Waals surface area (Å²) in [4.78, 5) is 35.3. The molecule has 2 amide bonds. The van der Waals surface area contributed by atoms with Gasteiger partial charge in [-0.05, 0) is 24.6 Å². The molecule has 2 N–H and O–H groups in total. The van der Waals surface area contributed by atoms with Crippen LogP contribution in [0, 0.1) is 0 Å². The molecule has 0 spiro atoms. The van der Waals surface area contributed by atoms with Gasteiger partial charge in [0.15, 0.2) is 0 Å². The average molecular weight is 278 g/mol. The van der Waals surface area contributed by atoms with E-state index in [2.05, 4.69) is 5.32 Å². The highest BCUT2D eigenvalue weighted by Gasteiger charge is 2.25. The molecule has 0 saturated carbocycles. The molecule has 0 radical (unpaired) electrons. The molecule has 1 fully saturated rings. The van der Waals surface area contributed by atoms with Crippen LogP contribution in [0.5, 0.6) is 0 Å². The van der Waals surface area contributed by atoms with Gasteiger partial charge >= 0.3 is 12.1 Å². The fourth-order valence-corrected chi connectivity index (χ4v) is 1.99. The van der Waals surface area contributed by atoms with Gasteiger partial charge in [-0.3, -0.25) is 9.69 Å². The summed E-state index contributed by atoms with van der Waals surface area (Å²) in [5, 5.41) is 11.8. The first-order valence-electron chi connectivity index (χ1n) is 6.08. The van der Waals surface area contributed by atoms with Crippen molar-refractivity contribution in [3.05, 3.63) is 23.8 Å². The SMILES string of the molecule is CC(=O)Nc1ccc(N2CCCOC2=O)c(C(=O)O)c1. The van der Waals surface area contributed by atoms with Gasteiger partial charge in [-0.25, -0.2) is 9.59 Å². The lowest BCUT2D eigenvalue weighted by Crippen LogP contribution is -2.38. The van der Waals surface area contributed by atoms with Crippen molar-refractivity contribution >= 4 is 29.3 Å². The molecule has 1 saturated heterocycles. The lowest BCUT2D eigenvalue weighted by atomic mass is 10.1. The molecule has 0 atom stereocenters. The summed E-state index contributed by atoms with van der Waals surface area (Å²) >= 11 is 0. The molecule has 7 heteroatoms. The summed E-state index contributed by atoms with van der Waals surface area (Å²) in [6, 6.07) is 4.35. The Morgan fingerprint density at radius 3 is 2.75 bits per heavy atom. The van der Waals surface area contributed by atoms with Crippen molar-refractivity contribution in [1.82, 2.24) is 0 Å². The van der Waals surface area contributed by atoms with Gasteiger partial charge in [0.25, 0.3) is 0 Å². The van der Waals surface area contributed by atoms with Gasteiger partial charge in [0.05, 0.1) is 17.9 Å². The maximum atomic E-state index is 11.7. The number of anilines is 2. The number of rotatable bonds is 3. The molecule has 7 nitrogen and oxygen atoms in total. The van der Waals surface area contributed by atoms with E-state index in [1.807, 2.05) is 0 Å². The Hall–Kier alpha value is -2.57. The number of ether oxygens (including phenoxy) is 1. The minimum absolute atomic E-state index is 0.0601. The molecule has 0 unspecified atom stereocenters. The van der Waals surface area contributed by atoms with Crippen molar-refractivity contribution in [2.45, 2.75) is 13.3 Å². The maximum absolute atomic E-state index is 11.7. The average Bonchev–Trinajstić information content (AvgIpc) is 2.39. The Balaban J connectivity index is 2.39. The quantitative estimate of drug-likeness (QED) is 0.877. The van der Waals surface area contributed by atoms with Crippen LogP contribution in [0.3, 0.4) is 0 Å². The third-order valence-corrected chi connectivity index (χ3v) is 2.81. The minimum atomic E-state index is -1.18. The van der Waals surface area contributed by atoms with Gasteiger partial charge in [-0.15, -0.1) is 0 Å². The second-order valence-corrected chi connectivity index (χ2v) is 4.34. The van der Waals surface area contributed by atoms with Crippen molar-refractivity contribution in [3.63, 3.8) is 0 Å². The zero-order chi connectivity index (χ0) is 14.7. The maximum Gasteiger partial charge on any atom is 0.414 e. The second-order valence-electron chi connectivity index (χ2n) is 4.34. The van der Waals surface area contributed by atoms with E-state index in [4.69, 9.17) is 4.74 Å². The van der Waals surface area contributed by atoms with E-state index >= 15 is 0 Å². The first kappa shape index (κ1) is 13.9. The number of cyclic esters (lactones) is 1. The molecular formula is C13H14N2O5. The molecule has 2 rings (SSSR count). The number of carboxylic acid groups (broad SMARTS) is 1. The van der Waals surface area contributed by atoms with Gasteiger partial charge in [0.1, 0.15) is 0 Å². The molecule has 1 aromatic rings. The lowest BCUT2D eigenvalue weighted by Gasteiger charge is -2.27. The predicted octanol–water partition coefficient (Wildman–Crippen LogP) is 1.69. The number of nitrogens with one attached hydrogen (secondary N) is 1. The van der Waals surface area contributed by atoms with Crippen LogP contribution < -0.4 is 10.2 Å². The van der Waals surface area contributed by atoms with Crippen molar-refractivity contribution in [2.75, 3.05) is 23.4 Å². The first-order valence-corrected chi connectivity index (χ1v) is 6.08. The highest BCUT2D eigenvalue weighted by molar-refractivity contribution is 6.02. The highest BCUT2D eigenvalue weighted by Crippen LogP contribution is 2.26. The summed E-state index contributed by atoms with van der Waals surface area (Å²) in [6.45, 7) is 2.07. The van der Waals surface area contributed by atoms with Gasteiger partial charge in [-0.1, -0.05) is 0 Å². The normalized spacial score (nSPS) is 14.7. The monoisotopic (exact) mass is 278 g/mol. The third kappa shape index (κ3) is 2.87. The van der Waals surface area contributed by atoms with Crippen molar-refractivity contribution in [1.29, 1.82) is 0 Å². The molecule has 0 aromatic heterocycles. The van der Waals surface area contributed by atoms with Crippen LogP contribution in [0.4, 0.5) is 16.2 Å². The van der Waals surface area contributed by atoms with Crippen LogP contribution in [0.2, 0.25) is 0 Å². The topological polar surface area (TPSA) is 95.9 Å². The van der Waals surface area contributed by atoms with Crippen molar-refractivity contribution in [3.8, 4) is 0 Å². The lowest BCUT2D eigenvalue weighted by molar-refractivity contribution is -0.114. The predicted molar refractivity (Wildman–Crippen MR) is 71.0 cm³/mol. The number of aromatic carboxylic acids is 1. The fourth-order valence-electron chi connectivity index (χ4n) is 1.99. The molecular weight excluding hydrogens is 264 g/mol. The van der Waals surface area contributed by atoms with Gasteiger partial charge in [-0.2, -0.15) is 0 Å². The van der Waals surface area contributed by atoms with Crippen LogP contribution in [0.15, 0.2) is 18.2 Å². The number of amides is 2. The number of hydrogen-bond donors (Lipinski definition) is 2. The summed E-state index contributed by atoms with van der Waals surface area (Å²) in [7, 11) is 0. The molecule has 20 heavy (non-hydrogen) atoms. The van der Waals surface area contributed by atoms with Crippen molar-refractivity contribution in [2.24, 2.45) is 0 Å². The molecule has 1 aromatic carbocycles. The van der Waals surface area contributed by atoms with E-state index in [0.717, 1.165) is 0 Å². The molecule has 106 valence electrons. The molecule has 0 aliphatic carbocycles. The van der Waals surface area contributed by atoms with Crippen LogP contribution in [-0.4, -0.2) is 36.2 Å². The number of benzene rings is 1. The zero-order valence-electron chi connectivity index (χ0n) is 10.9. The minimum Gasteiger partial charge on any atom is -0.478 e. The van der Waals surface area contributed by atoms with Crippen LogP contribution in [-0.2, 0) is 9.53 Å². The van der Waals surface area contributed by atoms with Crippen LogP contribution in [0.1, 0.15) is 23.7 Å². The van der Waals surface area contributed by atoms with E-state index in [1.165, 1.54) is 24.0 Å². The van der Waals surface area contributed by atoms with Crippen LogP contribution >= 0.6 is 0 Å². The third-order valence-electron chi connectivity index (χ3n) is 2.81. The highest BCUT2D eigenvalue weighted by atomic mass is 16.6. The van der Waals surface area contributed by atoms with E-state index in [1.54, 1.807) is 6.07 Å².